The molecule has 0 radical (unpaired) electrons. The number of nitrogens with zero attached hydrogens (tertiary/aromatic N) is 3. The number of rotatable bonds is 2. The van der Waals surface area contributed by atoms with Crippen molar-refractivity contribution < 1.29 is 13.2 Å². The van der Waals surface area contributed by atoms with Gasteiger partial charge in [-0.3, -0.25) is 4.98 Å². The highest BCUT2D eigenvalue weighted by Gasteiger charge is 2.32. The van der Waals surface area contributed by atoms with Gasteiger partial charge in [0.2, 0.25) is 0 Å². The molecule has 0 atom stereocenters. The first-order valence-electron chi connectivity index (χ1n) is 7.37. The fourth-order valence-electron chi connectivity index (χ4n) is 2.74. The summed E-state index contributed by atoms with van der Waals surface area (Å²) in [6.45, 7) is 3.23. The number of nitrogen functional groups attached to an aromatic ring is 1. The fraction of sp³-hybridized carbons (Fsp3) is 0.375. The molecule has 4 nitrogen and oxygen atoms in total. The second-order valence-electron chi connectivity index (χ2n) is 5.73. The number of nitrogens with two attached hydrogens (primary N) is 1. The zero-order chi connectivity index (χ0) is 16.6. The van der Waals surface area contributed by atoms with Crippen LogP contribution in [-0.2, 0) is 19.1 Å². The Morgan fingerprint density at radius 2 is 2.09 bits per heavy atom. The van der Waals surface area contributed by atoms with Gasteiger partial charge >= 0.3 is 6.18 Å². The molecule has 2 aromatic heterocycles. The van der Waals surface area contributed by atoms with E-state index in [0.29, 0.717) is 12.4 Å². The molecule has 23 heavy (non-hydrogen) atoms. The first kappa shape index (κ1) is 15.6. The van der Waals surface area contributed by atoms with Gasteiger partial charge in [0.15, 0.2) is 0 Å². The molecule has 3 rings (SSSR count). The minimum Gasteiger partial charge on any atom is -0.383 e. The van der Waals surface area contributed by atoms with Crippen LogP contribution in [-0.4, -0.2) is 16.5 Å². The maximum atomic E-state index is 12.6. The highest BCUT2D eigenvalue weighted by atomic mass is 19.4. The van der Waals surface area contributed by atoms with Crippen LogP contribution >= 0.6 is 0 Å². The number of halogens is 3. The van der Waals surface area contributed by atoms with Crippen molar-refractivity contribution in [2.75, 3.05) is 17.2 Å². The van der Waals surface area contributed by atoms with Crippen LogP contribution in [0.1, 0.15) is 28.9 Å². The van der Waals surface area contributed by atoms with Crippen LogP contribution in [0.3, 0.4) is 0 Å². The van der Waals surface area contributed by atoms with Crippen molar-refractivity contribution in [3.8, 4) is 0 Å². The van der Waals surface area contributed by atoms with Crippen LogP contribution in [0.15, 0.2) is 24.4 Å². The summed E-state index contributed by atoms with van der Waals surface area (Å²) in [5.74, 6) is 0.529. The Kier molecular flexibility index (Phi) is 3.87. The summed E-state index contributed by atoms with van der Waals surface area (Å²) in [5, 5.41) is 0. The van der Waals surface area contributed by atoms with E-state index in [1.807, 2.05) is 13.0 Å². The third-order valence-electron chi connectivity index (χ3n) is 3.98. The van der Waals surface area contributed by atoms with Crippen LogP contribution in [0.2, 0.25) is 0 Å². The second-order valence-corrected chi connectivity index (χ2v) is 5.73. The molecule has 3 heterocycles. The van der Waals surface area contributed by atoms with E-state index in [2.05, 4.69) is 14.9 Å². The number of aryl methyl sites for hydroxylation is 2. The lowest BCUT2D eigenvalue weighted by Crippen LogP contribution is -2.30. The molecule has 2 N–H and O–H groups in total. The van der Waals surface area contributed by atoms with Gasteiger partial charge in [0.25, 0.3) is 0 Å². The lowest BCUT2D eigenvalue weighted by atomic mass is 10.0. The molecule has 0 aromatic carbocycles. The van der Waals surface area contributed by atoms with Crippen molar-refractivity contribution >= 4 is 11.5 Å². The van der Waals surface area contributed by atoms with Crippen molar-refractivity contribution in [3.05, 3.63) is 46.9 Å². The largest absolute Gasteiger partial charge is 0.433 e. The Bertz CT molecular complexity index is 711. The quantitative estimate of drug-likeness (QED) is 0.921. The lowest BCUT2D eigenvalue weighted by molar-refractivity contribution is -0.141. The molecule has 0 bridgehead atoms. The predicted octanol–water partition coefficient (Wildman–Crippen LogP) is 3.34. The van der Waals surface area contributed by atoms with Gasteiger partial charge in [-0.25, -0.2) is 4.98 Å². The molecule has 0 saturated carbocycles. The maximum absolute atomic E-state index is 12.6. The molecule has 0 aliphatic carbocycles. The van der Waals surface area contributed by atoms with Gasteiger partial charge in [0.1, 0.15) is 11.5 Å². The van der Waals surface area contributed by atoms with Gasteiger partial charge in [-0.2, -0.15) is 13.2 Å². The lowest BCUT2D eigenvalue weighted by Gasteiger charge is -2.31. The van der Waals surface area contributed by atoms with Gasteiger partial charge < -0.3 is 10.6 Å². The van der Waals surface area contributed by atoms with Crippen molar-refractivity contribution in [3.63, 3.8) is 0 Å². The number of aromatic nitrogens is 2. The smallest absolute Gasteiger partial charge is 0.383 e. The molecule has 122 valence electrons. The Morgan fingerprint density at radius 3 is 2.74 bits per heavy atom. The number of fused-ring (bicyclic) bond motifs is 1. The van der Waals surface area contributed by atoms with Gasteiger partial charge in [-0.1, -0.05) is 6.07 Å². The first-order valence-corrected chi connectivity index (χ1v) is 7.37. The minimum absolute atomic E-state index is 0.503. The molecule has 0 spiro atoms. The molecule has 1 aliphatic heterocycles. The van der Waals surface area contributed by atoms with Gasteiger partial charge in [0, 0.05) is 19.3 Å². The predicted molar refractivity (Wildman–Crippen MR) is 82.0 cm³/mol. The Labute approximate surface area is 132 Å². The summed E-state index contributed by atoms with van der Waals surface area (Å²) >= 11 is 0. The van der Waals surface area contributed by atoms with Crippen LogP contribution in [0.4, 0.5) is 24.7 Å². The summed E-state index contributed by atoms with van der Waals surface area (Å²) in [7, 11) is 0. The second kappa shape index (κ2) is 5.72. The average Bonchev–Trinajstić information content (AvgIpc) is 2.49. The van der Waals surface area contributed by atoms with Crippen LogP contribution in [0, 0.1) is 6.92 Å². The highest BCUT2D eigenvalue weighted by molar-refractivity contribution is 5.59. The third-order valence-corrected chi connectivity index (χ3v) is 3.98. The highest BCUT2D eigenvalue weighted by Crippen LogP contribution is 2.31. The van der Waals surface area contributed by atoms with Gasteiger partial charge in [-0.05, 0) is 43.0 Å². The molecule has 0 amide bonds. The van der Waals surface area contributed by atoms with Crippen molar-refractivity contribution in [2.24, 2.45) is 0 Å². The number of hydrogen-bond acceptors (Lipinski definition) is 4. The molecule has 7 heteroatoms. The normalized spacial score (nSPS) is 14.7. The van der Waals surface area contributed by atoms with E-state index in [9.17, 15) is 13.2 Å². The summed E-state index contributed by atoms with van der Waals surface area (Å²) < 4.78 is 37.7. The number of hydrogen-bond donors (Lipinski definition) is 1. The number of anilines is 2. The zero-order valence-electron chi connectivity index (χ0n) is 12.7. The molecule has 0 saturated heterocycles. The Hall–Kier alpha value is -2.31. The SMILES string of the molecule is Cc1cc2c(nc1N)CCCN2Cc1ccc(C(F)(F)F)nc1. The number of pyridine rings is 2. The van der Waals surface area contributed by atoms with E-state index in [0.717, 1.165) is 48.0 Å². The van der Waals surface area contributed by atoms with E-state index in [4.69, 9.17) is 5.73 Å². The number of alkyl halides is 3. The monoisotopic (exact) mass is 322 g/mol. The molecule has 1 aliphatic rings. The fourth-order valence-corrected chi connectivity index (χ4v) is 2.74. The van der Waals surface area contributed by atoms with Crippen LogP contribution in [0.5, 0.6) is 0 Å². The molecule has 0 fully saturated rings. The summed E-state index contributed by atoms with van der Waals surface area (Å²) in [6.07, 6.45) is -1.32. The van der Waals surface area contributed by atoms with Gasteiger partial charge in [0.05, 0.1) is 11.4 Å². The summed E-state index contributed by atoms with van der Waals surface area (Å²) in [4.78, 5) is 10.1. The summed E-state index contributed by atoms with van der Waals surface area (Å²) in [6, 6.07) is 4.49. The molecule has 2 aromatic rings. The minimum atomic E-state index is -4.41. The van der Waals surface area contributed by atoms with E-state index < -0.39 is 11.9 Å². The van der Waals surface area contributed by atoms with Crippen molar-refractivity contribution in [1.29, 1.82) is 0 Å². The maximum Gasteiger partial charge on any atom is 0.433 e. The molecular formula is C16H17F3N4. The van der Waals surface area contributed by atoms with E-state index in [1.165, 1.54) is 12.3 Å². The van der Waals surface area contributed by atoms with Crippen LogP contribution < -0.4 is 10.6 Å². The average molecular weight is 322 g/mol. The molecule has 0 unspecified atom stereocenters. The molecular weight excluding hydrogens is 305 g/mol. The van der Waals surface area contributed by atoms with Crippen molar-refractivity contribution in [2.45, 2.75) is 32.5 Å². The zero-order valence-corrected chi connectivity index (χ0v) is 12.7. The van der Waals surface area contributed by atoms with E-state index >= 15 is 0 Å². The Morgan fingerprint density at radius 1 is 1.30 bits per heavy atom. The topological polar surface area (TPSA) is 55.0 Å². The third kappa shape index (κ3) is 3.23. The standard InChI is InChI=1S/C16H17F3N4/c1-10-7-13-12(22-15(10)20)3-2-6-23(13)9-11-4-5-14(21-8-11)16(17,18)19/h4-5,7-8H,2-3,6,9H2,1H3,(H2,20,22). The summed E-state index contributed by atoms with van der Waals surface area (Å²) in [5.41, 5.74) is 8.57. The van der Waals surface area contributed by atoms with E-state index in [-0.39, 0.29) is 0 Å². The first-order chi connectivity index (χ1) is 10.8. The van der Waals surface area contributed by atoms with Crippen molar-refractivity contribution in [1.82, 2.24) is 9.97 Å². The van der Waals surface area contributed by atoms with Gasteiger partial charge in [-0.15, -0.1) is 0 Å². The van der Waals surface area contributed by atoms with Crippen LogP contribution in [0.25, 0.3) is 0 Å². The Balaban J connectivity index is 1.83. The van der Waals surface area contributed by atoms with E-state index in [1.54, 1.807) is 0 Å².